The van der Waals surface area contributed by atoms with Gasteiger partial charge in [0.25, 0.3) is 5.91 Å². The minimum atomic E-state index is -0.310. The van der Waals surface area contributed by atoms with E-state index in [-0.39, 0.29) is 42.1 Å². The lowest BCUT2D eigenvalue weighted by atomic mass is 10.1. The molecule has 1 aliphatic carbocycles. The summed E-state index contributed by atoms with van der Waals surface area (Å²) in [5, 5.41) is 7.20. The standard InChI is InChI=1S/C17H20N6O2/c1-10-8-19-13(9-18-10)17(25)21-12-7-15(24)23(11-3-4-11)16(12)14-5-6-20-22(14)2/h5-6,8-9,11-12,16H,3-4,7H2,1-2H3,(H,21,25)/t12-,16-/m1/s1. The molecule has 2 fully saturated rings. The highest BCUT2D eigenvalue weighted by Crippen LogP contribution is 2.41. The first-order chi connectivity index (χ1) is 12.0. The van der Waals surface area contributed by atoms with E-state index in [1.54, 1.807) is 17.1 Å². The van der Waals surface area contributed by atoms with E-state index in [0.717, 1.165) is 24.2 Å². The first-order valence-electron chi connectivity index (χ1n) is 8.43. The number of carbonyl (C=O) groups excluding carboxylic acids is 2. The molecule has 2 aliphatic rings. The van der Waals surface area contributed by atoms with Gasteiger partial charge in [-0.05, 0) is 25.8 Å². The van der Waals surface area contributed by atoms with E-state index in [2.05, 4.69) is 20.4 Å². The Morgan fingerprint density at radius 1 is 1.28 bits per heavy atom. The van der Waals surface area contributed by atoms with Crippen LogP contribution in [-0.2, 0) is 11.8 Å². The molecule has 2 aromatic heterocycles. The Hall–Kier alpha value is -2.77. The molecule has 2 amide bonds. The van der Waals surface area contributed by atoms with Crippen molar-refractivity contribution in [2.75, 3.05) is 0 Å². The van der Waals surface area contributed by atoms with Crippen LogP contribution in [-0.4, -0.2) is 48.5 Å². The molecule has 1 aliphatic heterocycles. The van der Waals surface area contributed by atoms with E-state index < -0.39 is 0 Å². The zero-order valence-corrected chi connectivity index (χ0v) is 14.2. The van der Waals surface area contributed by atoms with Crippen molar-refractivity contribution in [3.05, 3.63) is 41.7 Å². The Labute approximate surface area is 145 Å². The Morgan fingerprint density at radius 2 is 2.08 bits per heavy atom. The van der Waals surface area contributed by atoms with Crippen LogP contribution in [0.3, 0.4) is 0 Å². The van der Waals surface area contributed by atoms with Gasteiger partial charge in [-0.25, -0.2) is 4.98 Å². The largest absolute Gasteiger partial charge is 0.345 e. The number of amides is 2. The molecule has 0 bridgehead atoms. The topological polar surface area (TPSA) is 93.0 Å². The molecule has 1 saturated carbocycles. The lowest BCUT2D eigenvalue weighted by molar-refractivity contribution is -0.129. The number of carbonyl (C=O) groups is 2. The summed E-state index contributed by atoms with van der Waals surface area (Å²) in [6.07, 6.45) is 7.06. The Bertz CT molecular complexity index is 811. The van der Waals surface area contributed by atoms with E-state index in [9.17, 15) is 9.59 Å². The number of rotatable bonds is 4. The third-order valence-electron chi connectivity index (χ3n) is 4.80. The number of likely N-dealkylation sites (tertiary alicyclic amines) is 1. The molecule has 8 nitrogen and oxygen atoms in total. The second-order valence-corrected chi connectivity index (χ2v) is 6.68. The molecule has 8 heteroatoms. The van der Waals surface area contributed by atoms with Crippen LogP contribution in [0.4, 0.5) is 0 Å². The summed E-state index contributed by atoms with van der Waals surface area (Å²) in [5.74, 6) is -0.232. The highest BCUT2D eigenvalue weighted by atomic mass is 16.2. The molecule has 1 saturated heterocycles. The van der Waals surface area contributed by atoms with Crippen molar-refractivity contribution in [3.63, 3.8) is 0 Å². The van der Waals surface area contributed by atoms with Gasteiger partial charge in [-0.2, -0.15) is 5.10 Å². The maximum Gasteiger partial charge on any atom is 0.271 e. The minimum absolute atomic E-state index is 0.0778. The number of hydrogen-bond acceptors (Lipinski definition) is 5. The molecule has 3 heterocycles. The second kappa shape index (κ2) is 5.94. The molecule has 1 N–H and O–H groups in total. The van der Waals surface area contributed by atoms with Crippen molar-refractivity contribution in [3.8, 4) is 0 Å². The number of nitrogens with one attached hydrogen (secondary N) is 1. The average molecular weight is 340 g/mol. The Kier molecular flexibility index (Phi) is 3.74. The molecule has 0 aromatic carbocycles. The van der Waals surface area contributed by atoms with Gasteiger partial charge in [-0.3, -0.25) is 19.3 Å². The summed E-state index contributed by atoms with van der Waals surface area (Å²) >= 11 is 0. The number of aryl methyl sites for hydroxylation is 2. The van der Waals surface area contributed by atoms with Crippen molar-refractivity contribution in [2.45, 2.75) is 44.3 Å². The Morgan fingerprint density at radius 3 is 2.68 bits per heavy atom. The van der Waals surface area contributed by atoms with Crippen LogP contribution < -0.4 is 5.32 Å². The fourth-order valence-electron chi connectivity index (χ4n) is 3.44. The predicted molar refractivity (Wildman–Crippen MR) is 88.5 cm³/mol. The van der Waals surface area contributed by atoms with Crippen LogP contribution in [0.1, 0.15) is 47.2 Å². The quantitative estimate of drug-likeness (QED) is 0.887. The maximum atomic E-state index is 12.6. The molecular formula is C17H20N6O2. The second-order valence-electron chi connectivity index (χ2n) is 6.68. The van der Waals surface area contributed by atoms with Crippen molar-refractivity contribution < 1.29 is 9.59 Å². The third kappa shape index (κ3) is 2.88. The van der Waals surface area contributed by atoms with E-state index in [1.165, 1.54) is 6.20 Å². The van der Waals surface area contributed by atoms with E-state index >= 15 is 0 Å². The smallest absolute Gasteiger partial charge is 0.271 e. The van der Waals surface area contributed by atoms with E-state index in [0.29, 0.717) is 0 Å². The average Bonchev–Trinajstić information content (AvgIpc) is 3.25. The van der Waals surface area contributed by atoms with Gasteiger partial charge in [0.15, 0.2) is 0 Å². The molecular weight excluding hydrogens is 320 g/mol. The molecule has 130 valence electrons. The fourth-order valence-corrected chi connectivity index (χ4v) is 3.44. The maximum absolute atomic E-state index is 12.6. The van der Waals surface area contributed by atoms with Gasteiger partial charge >= 0.3 is 0 Å². The molecule has 4 rings (SSSR count). The van der Waals surface area contributed by atoms with Crippen LogP contribution in [0, 0.1) is 6.92 Å². The highest BCUT2D eigenvalue weighted by Gasteiger charge is 2.48. The number of nitrogens with zero attached hydrogens (tertiary/aromatic N) is 5. The van der Waals surface area contributed by atoms with Crippen molar-refractivity contribution >= 4 is 11.8 Å². The monoisotopic (exact) mass is 340 g/mol. The molecule has 2 atom stereocenters. The molecule has 0 unspecified atom stereocenters. The van der Waals surface area contributed by atoms with Crippen LogP contribution >= 0.6 is 0 Å². The molecule has 25 heavy (non-hydrogen) atoms. The number of aromatic nitrogens is 4. The summed E-state index contributed by atoms with van der Waals surface area (Å²) in [6.45, 7) is 1.82. The summed E-state index contributed by atoms with van der Waals surface area (Å²) in [4.78, 5) is 35.3. The van der Waals surface area contributed by atoms with Crippen molar-refractivity contribution in [2.24, 2.45) is 7.05 Å². The fraction of sp³-hybridized carbons (Fsp3) is 0.471. The summed E-state index contributed by atoms with van der Waals surface area (Å²) < 4.78 is 1.77. The van der Waals surface area contributed by atoms with Crippen LogP contribution in [0.15, 0.2) is 24.7 Å². The zero-order chi connectivity index (χ0) is 17.6. The van der Waals surface area contributed by atoms with Gasteiger partial charge in [0, 0.05) is 31.9 Å². The first kappa shape index (κ1) is 15.7. The predicted octanol–water partition coefficient (Wildman–Crippen LogP) is 0.753. The lowest BCUT2D eigenvalue weighted by Gasteiger charge is -2.28. The van der Waals surface area contributed by atoms with Crippen LogP contribution in [0.2, 0.25) is 0 Å². The van der Waals surface area contributed by atoms with E-state index in [4.69, 9.17) is 0 Å². The zero-order valence-electron chi connectivity index (χ0n) is 14.2. The summed E-state index contributed by atoms with van der Waals surface area (Å²) in [6, 6.07) is 1.67. The van der Waals surface area contributed by atoms with Gasteiger partial charge < -0.3 is 10.2 Å². The molecule has 2 aromatic rings. The first-order valence-corrected chi connectivity index (χ1v) is 8.43. The molecule has 0 radical (unpaired) electrons. The third-order valence-corrected chi connectivity index (χ3v) is 4.80. The highest BCUT2D eigenvalue weighted by molar-refractivity contribution is 5.93. The van der Waals surface area contributed by atoms with Crippen LogP contribution in [0.5, 0.6) is 0 Å². The Balaban J connectivity index is 1.60. The van der Waals surface area contributed by atoms with Gasteiger partial charge in [0.2, 0.25) is 5.91 Å². The normalized spacial score (nSPS) is 23.1. The molecule has 0 spiro atoms. The van der Waals surface area contributed by atoms with Gasteiger partial charge in [-0.15, -0.1) is 0 Å². The number of hydrogen-bond donors (Lipinski definition) is 1. The van der Waals surface area contributed by atoms with Crippen LogP contribution in [0.25, 0.3) is 0 Å². The summed E-state index contributed by atoms with van der Waals surface area (Å²) in [5.41, 5.74) is 1.94. The van der Waals surface area contributed by atoms with Gasteiger partial charge in [0.05, 0.1) is 29.7 Å². The van der Waals surface area contributed by atoms with Gasteiger partial charge in [-0.1, -0.05) is 0 Å². The van der Waals surface area contributed by atoms with Crippen molar-refractivity contribution in [1.29, 1.82) is 0 Å². The van der Waals surface area contributed by atoms with Crippen molar-refractivity contribution in [1.82, 2.24) is 30.0 Å². The SMILES string of the molecule is Cc1cnc(C(=O)N[C@@H]2CC(=O)N(C3CC3)[C@H]2c2ccnn2C)cn1. The van der Waals surface area contributed by atoms with Gasteiger partial charge in [0.1, 0.15) is 5.69 Å². The summed E-state index contributed by atoms with van der Waals surface area (Å²) in [7, 11) is 1.85. The van der Waals surface area contributed by atoms with E-state index in [1.807, 2.05) is 24.9 Å². The lowest BCUT2D eigenvalue weighted by Crippen LogP contribution is -2.41. The minimum Gasteiger partial charge on any atom is -0.345 e.